The molecule has 1 heterocycles. The first kappa shape index (κ1) is 14.5. The summed E-state index contributed by atoms with van der Waals surface area (Å²) >= 11 is 1.38. The fraction of sp³-hybridized carbons (Fsp3) is 0.385. The number of carbonyl (C=O) groups is 2. The largest absolute Gasteiger partial charge is 0.507 e. The minimum atomic E-state index is -1.09. The van der Waals surface area contributed by atoms with Crippen molar-refractivity contribution in [3.63, 3.8) is 0 Å². The van der Waals surface area contributed by atoms with Gasteiger partial charge in [-0.2, -0.15) is 0 Å². The minimum absolute atomic E-state index is 0.250. The Morgan fingerprint density at radius 2 is 1.95 bits per heavy atom. The molecular formula is C13H15NO5S. The Bertz CT molecular complexity index is 527. The van der Waals surface area contributed by atoms with Gasteiger partial charge >= 0.3 is 5.97 Å². The first-order valence-corrected chi connectivity index (χ1v) is 7.20. The van der Waals surface area contributed by atoms with Crippen LogP contribution in [-0.2, 0) is 4.79 Å². The van der Waals surface area contributed by atoms with Crippen molar-refractivity contribution in [2.24, 2.45) is 0 Å². The summed E-state index contributed by atoms with van der Waals surface area (Å²) in [4.78, 5) is 25.0. The highest BCUT2D eigenvalue weighted by atomic mass is 32.2. The molecule has 108 valence electrons. The number of nitrogens with zero attached hydrogens (tertiary/aromatic N) is 1. The molecule has 1 amide bonds. The number of thioether (sulfide) groups is 1. The average molecular weight is 297 g/mol. The van der Waals surface area contributed by atoms with Gasteiger partial charge in [-0.1, -0.05) is 13.0 Å². The van der Waals surface area contributed by atoms with Gasteiger partial charge in [0.1, 0.15) is 23.1 Å². The molecule has 0 bridgehead atoms. The highest BCUT2D eigenvalue weighted by molar-refractivity contribution is 8.00. The van der Waals surface area contributed by atoms with E-state index in [4.69, 9.17) is 0 Å². The lowest BCUT2D eigenvalue weighted by Crippen LogP contribution is -2.45. The van der Waals surface area contributed by atoms with E-state index in [1.54, 1.807) is 0 Å². The maximum absolute atomic E-state index is 12.5. The number of carboxylic acid groups (broad SMARTS) is 1. The molecule has 1 aliphatic rings. The van der Waals surface area contributed by atoms with Crippen molar-refractivity contribution in [1.82, 2.24) is 4.90 Å². The van der Waals surface area contributed by atoms with Crippen LogP contribution in [0.1, 0.15) is 23.7 Å². The Labute approximate surface area is 120 Å². The lowest BCUT2D eigenvalue weighted by molar-refractivity contribution is -0.141. The van der Waals surface area contributed by atoms with Gasteiger partial charge in [-0.15, -0.1) is 11.8 Å². The van der Waals surface area contributed by atoms with Crippen LogP contribution in [0.4, 0.5) is 0 Å². The van der Waals surface area contributed by atoms with Crippen LogP contribution in [0.2, 0.25) is 0 Å². The molecule has 1 aliphatic heterocycles. The molecule has 1 aromatic rings. The number of amides is 1. The number of aromatic hydroxyl groups is 2. The van der Waals surface area contributed by atoms with Gasteiger partial charge in [0, 0.05) is 5.75 Å². The first-order valence-electron chi connectivity index (χ1n) is 6.15. The summed E-state index contributed by atoms with van der Waals surface area (Å²) in [6, 6.07) is 3.03. The number of benzene rings is 1. The third-order valence-corrected chi connectivity index (χ3v) is 4.65. The van der Waals surface area contributed by atoms with Crippen LogP contribution < -0.4 is 0 Å². The summed E-state index contributed by atoms with van der Waals surface area (Å²) in [5, 5.41) is 28.4. The predicted molar refractivity (Wildman–Crippen MR) is 73.9 cm³/mol. The SMILES string of the molecule is CCC1SCC(C(=O)O)N1C(=O)c1c(O)cccc1O. The lowest BCUT2D eigenvalue weighted by Gasteiger charge is -2.27. The summed E-state index contributed by atoms with van der Waals surface area (Å²) in [6.07, 6.45) is 0.592. The summed E-state index contributed by atoms with van der Waals surface area (Å²) in [5.41, 5.74) is -0.250. The molecule has 1 saturated heterocycles. The molecule has 0 saturated carbocycles. The van der Waals surface area contributed by atoms with Crippen molar-refractivity contribution in [2.45, 2.75) is 24.8 Å². The summed E-state index contributed by atoms with van der Waals surface area (Å²) in [5.74, 6) is -2.16. The second kappa shape index (κ2) is 5.62. The lowest BCUT2D eigenvalue weighted by atomic mass is 10.1. The van der Waals surface area contributed by atoms with Crippen LogP contribution in [0.5, 0.6) is 11.5 Å². The molecule has 3 N–H and O–H groups in total. The number of carbonyl (C=O) groups excluding carboxylic acids is 1. The number of phenols is 2. The van der Waals surface area contributed by atoms with Crippen molar-refractivity contribution < 1.29 is 24.9 Å². The molecule has 2 unspecified atom stereocenters. The monoisotopic (exact) mass is 297 g/mol. The van der Waals surface area contributed by atoms with Gasteiger partial charge < -0.3 is 20.2 Å². The van der Waals surface area contributed by atoms with E-state index < -0.39 is 17.9 Å². The normalized spacial score (nSPS) is 21.9. The summed E-state index contributed by atoms with van der Waals surface area (Å²) in [7, 11) is 0. The zero-order chi connectivity index (χ0) is 14.9. The number of hydrogen-bond acceptors (Lipinski definition) is 5. The molecule has 0 radical (unpaired) electrons. The van der Waals surface area contributed by atoms with Crippen LogP contribution in [0, 0.1) is 0 Å². The quantitative estimate of drug-likeness (QED) is 0.781. The van der Waals surface area contributed by atoms with Gasteiger partial charge in [0.25, 0.3) is 5.91 Å². The standard InChI is InChI=1S/C13H15NO5S/c1-2-10-14(7(6-20-10)13(18)19)12(17)11-8(15)4-3-5-9(11)16/h3-5,7,10,15-16H,2,6H2,1H3,(H,18,19). The maximum Gasteiger partial charge on any atom is 0.327 e. The smallest absolute Gasteiger partial charge is 0.327 e. The molecule has 2 rings (SSSR count). The number of phenolic OH excluding ortho intramolecular Hbond substituents is 2. The Morgan fingerprint density at radius 3 is 2.45 bits per heavy atom. The van der Waals surface area contributed by atoms with E-state index in [0.717, 1.165) is 0 Å². The topological polar surface area (TPSA) is 98.1 Å². The van der Waals surface area contributed by atoms with Gasteiger partial charge in [-0.3, -0.25) is 4.79 Å². The number of aliphatic carboxylic acids is 1. The zero-order valence-corrected chi connectivity index (χ0v) is 11.6. The Hall–Kier alpha value is -1.89. The van der Waals surface area contributed by atoms with E-state index in [0.29, 0.717) is 12.2 Å². The molecule has 1 fully saturated rings. The second-order valence-corrected chi connectivity index (χ2v) is 5.64. The van der Waals surface area contributed by atoms with Gasteiger partial charge in [-0.05, 0) is 18.6 Å². The van der Waals surface area contributed by atoms with Gasteiger partial charge in [0.15, 0.2) is 0 Å². The van der Waals surface area contributed by atoms with Gasteiger partial charge in [-0.25, -0.2) is 4.79 Å². The van der Waals surface area contributed by atoms with E-state index in [9.17, 15) is 24.9 Å². The average Bonchev–Trinajstić information content (AvgIpc) is 2.82. The van der Waals surface area contributed by atoms with E-state index in [1.807, 2.05) is 6.92 Å². The highest BCUT2D eigenvalue weighted by Crippen LogP contribution is 2.36. The van der Waals surface area contributed by atoms with Gasteiger partial charge in [0.2, 0.25) is 0 Å². The third kappa shape index (κ3) is 2.40. The molecule has 2 atom stereocenters. The van der Waals surface area contributed by atoms with Crippen molar-refractivity contribution in [1.29, 1.82) is 0 Å². The van der Waals surface area contributed by atoms with Crippen molar-refractivity contribution in [3.8, 4) is 11.5 Å². The molecular weight excluding hydrogens is 282 g/mol. The van der Waals surface area contributed by atoms with E-state index in [1.165, 1.54) is 34.9 Å². The van der Waals surface area contributed by atoms with Gasteiger partial charge in [0.05, 0.1) is 5.37 Å². The fourth-order valence-electron chi connectivity index (χ4n) is 2.22. The second-order valence-electron chi connectivity index (χ2n) is 4.43. The predicted octanol–water partition coefficient (Wildman–Crippen LogP) is 1.48. The van der Waals surface area contributed by atoms with E-state index in [-0.39, 0.29) is 22.4 Å². The number of carboxylic acids is 1. The van der Waals surface area contributed by atoms with Crippen molar-refractivity contribution in [2.75, 3.05) is 5.75 Å². The summed E-state index contributed by atoms with van der Waals surface area (Å²) < 4.78 is 0. The molecule has 0 aliphatic carbocycles. The molecule has 20 heavy (non-hydrogen) atoms. The maximum atomic E-state index is 12.5. The Balaban J connectivity index is 2.41. The van der Waals surface area contributed by atoms with Crippen LogP contribution in [-0.4, -0.2) is 49.3 Å². The van der Waals surface area contributed by atoms with E-state index >= 15 is 0 Å². The van der Waals surface area contributed by atoms with Crippen LogP contribution >= 0.6 is 11.8 Å². The van der Waals surface area contributed by atoms with Crippen LogP contribution in [0.25, 0.3) is 0 Å². The van der Waals surface area contributed by atoms with Crippen LogP contribution in [0.3, 0.4) is 0 Å². The van der Waals surface area contributed by atoms with Crippen LogP contribution in [0.15, 0.2) is 18.2 Å². The first-order chi connectivity index (χ1) is 9.47. The number of rotatable bonds is 3. The highest BCUT2D eigenvalue weighted by Gasteiger charge is 2.42. The zero-order valence-electron chi connectivity index (χ0n) is 10.8. The Morgan fingerprint density at radius 1 is 1.35 bits per heavy atom. The van der Waals surface area contributed by atoms with E-state index in [2.05, 4.69) is 0 Å². The molecule has 1 aromatic carbocycles. The Kier molecular flexibility index (Phi) is 4.08. The molecule has 6 nitrogen and oxygen atoms in total. The minimum Gasteiger partial charge on any atom is -0.507 e. The molecule has 0 spiro atoms. The number of hydrogen-bond donors (Lipinski definition) is 3. The van der Waals surface area contributed by atoms with Crippen molar-refractivity contribution >= 4 is 23.6 Å². The van der Waals surface area contributed by atoms with Crippen molar-refractivity contribution in [3.05, 3.63) is 23.8 Å². The molecule has 7 heteroatoms. The fourth-order valence-corrected chi connectivity index (χ4v) is 3.56. The molecule has 0 aromatic heterocycles. The third-order valence-electron chi connectivity index (χ3n) is 3.20. The summed E-state index contributed by atoms with van der Waals surface area (Å²) in [6.45, 7) is 1.85.